The minimum atomic E-state index is -0.409. The molecule has 0 bridgehead atoms. The molecule has 0 aromatic heterocycles. The summed E-state index contributed by atoms with van der Waals surface area (Å²) in [6.45, 7) is 0. The maximum atomic E-state index is 10.5. The van der Waals surface area contributed by atoms with Crippen molar-refractivity contribution in [1.82, 2.24) is 0 Å². The number of benzene rings is 2. The molecule has 0 radical (unpaired) electrons. The Morgan fingerprint density at radius 3 is 2.00 bits per heavy atom. The molecule has 2 rings (SSSR count). The molecule has 0 aliphatic rings. The monoisotopic (exact) mass is 237 g/mol. The molecule has 0 aliphatic heterocycles. The largest absolute Gasteiger partial charge is 0.269 e. The Labute approximate surface area is 105 Å². The zero-order chi connectivity index (χ0) is 12.8. The Bertz CT molecular complexity index is 594. The van der Waals surface area contributed by atoms with Gasteiger partial charge >= 0.3 is 0 Å². The van der Waals surface area contributed by atoms with Gasteiger partial charge in [0, 0.05) is 12.1 Å². The Hall–Kier alpha value is -2.64. The van der Waals surface area contributed by atoms with E-state index >= 15 is 0 Å². The summed E-state index contributed by atoms with van der Waals surface area (Å²) in [6, 6.07) is 16.2. The van der Waals surface area contributed by atoms with Gasteiger partial charge in [-0.2, -0.15) is 0 Å². The van der Waals surface area contributed by atoms with Crippen LogP contribution >= 0.6 is 0 Å². The molecule has 3 nitrogen and oxygen atoms in total. The summed E-state index contributed by atoms with van der Waals surface area (Å²) in [5.41, 5.74) is 5.09. The van der Waals surface area contributed by atoms with Gasteiger partial charge in [-0.3, -0.25) is 10.1 Å². The van der Waals surface area contributed by atoms with Gasteiger partial charge in [-0.25, -0.2) is 0 Å². The van der Waals surface area contributed by atoms with E-state index in [0.29, 0.717) is 0 Å². The van der Waals surface area contributed by atoms with Crippen molar-refractivity contribution >= 4 is 17.8 Å². The number of hydrogen-bond acceptors (Lipinski definition) is 2. The van der Waals surface area contributed by atoms with Crippen LogP contribution in [0.5, 0.6) is 0 Å². The molecule has 0 saturated heterocycles. The van der Waals surface area contributed by atoms with E-state index < -0.39 is 4.92 Å². The van der Waals surface area contributed by atoms with E-state index in [1.807, 2.05) is 36.4 Å². The van der Waals surface area contributed by atoms with Crippen molar-refractivity contribution in [2.45, 2.75) is 0 Å². The van der Waals surface area contributed by atoms with E-state index in [1.54, 1.807) is 18.2 Å². The highest BCUT2D eigenvalue weighted by Crippen LogP contribution is 2.12. The second-order valence-corrected chi connectivity index (χ2v) is 3.71. The predicted octanol–water partition coefficient (Wildman–Crippen LogP) is 3.92. The molecule has 0 unspecified atom stereocenters. The summed E-state index contributed by atoms with van der Waals surface area (Å²) in [5.74, 6) is 0. The molecule has 2 aromatic rings. The summed E-state index contributed by atoms with van der Waals surface area (Å²) in [4.78, 5) is 10.1. The third kappa shape index (κ3) is 3.17. The zero-order valence-corrected chi connectivity index (χ0v) is 9.61. The van der Waals surface area contributed by atoms with Crippen LogP contribution in [0.1, 0.15) is 11.1 Å². The van der Waals surface area contributed by atoms with Crippen LogP contribution in [-0.2, 0) is 0 Å². The molecule has 88 valence electrons. The standard InChI is InChI=1S/C15H11NO2/c17-16(18)15-11-9-14(10-12-15)8-4-7-13-5-2-1-3-6-13/h1-3,5-12H. The smallest absolute Gasteiger partial charge is 0.258 e. The molecule has 0 fully saturated rings. The number of nitro groups is 1. The van der Waals surface area contributed by atoms with E-state index in [4.69, 9.17) is 0 Å². The average Bonchev–Trinajstić information content (AvgIpc) is 2.40. The Morgan fingerprint density at radius 1 is 0.889 bits per heavy atom. The molecular formula is C15H11NO2. The average molecular weight is 237 g/mol. The van der Waals surface area contributed by atoms with Crippen molar-refractivity contribution < 1.29 is 4.92 Å². The van der Waals surface area contributed by atoms with Crippen LogP contribution in [0.3, 0.4) is 0 Å². The fourth-order valence-electron chi connectivity index (χ4n) is 1.48. The molecule has 0 aliphatic carbocycles. The van der Waals surface area contributed by atoms with Gasteiger partial charge in [0.05, 0.1) is 4.92 Å². The summed E-state index contributed by atoms with van der Waals surface area (Å²) < 4.78 is 0. The van der Waals surface area contributed by atoms with E-state index in [2.05, 4.69) is 5.73 Å². The summed E-state index contributed by atoms with van der Waals surface area (Å²) in [5, 5.41) is 10.5. The van der Waals surface area contributed by atoms with E-state index in [0.717, 1.165) is 11.1 Å². The first-order chi connectivity index (χ1) is 8.75. The molecule has 3 heteroatoms. The quantitative estimate of drug-likeness (QED) is 0.461. The van der Waals surface area contributed by atoms with Crippen LogP contribution < -0.4 is 0 Å². The lowest BCUT2D eigenvalue weighted by atomic mass is 10.2. The molecule has 0 amide bonds. The lowest BCUT2D eigenvalue weighted by Gasteiger charge is -1.91. The summed E-state index contributed by atoms with van der Waals surface area (Å²) >= 11 is 0. The minimum Gasteiger partial charge on any atom is -0.258 e. The van der Waals surface area contributed by atoms with E-state index in [-0.39, 0.29) is 5.69 Å². The molecule has 0 heterocycles. The molecule has 0 atom stereocenters. The van der Waals surface area contributed by atoms with Crippen LogP contribution in [0.15, 0.2) is 60.3 Å². The highest BCUT2D eigenvalue weighted by Gasteiger charge is 2.01. The van der Waals surface area contributed by atoms with E-state index in [9.17, 15) is 10.1 Å². The van der Waals surface area contributed by atoms with Gasteiger partial charge in [-0.05, 0) is 35.4 Å². The fraction of sp³-hybridized carbons (Fsp3) is 0. The Balaban J connectivity index is 2.14. The number of nitrogens with zero attached hydrogens (tertiary/aromatic N) is 1. The highest BCUT2D eigenvalue weighted by molar-refractivity contribution is 5.58. The lowest BCUT2D eigenvalue weighted by molar-refractivity contribution is -0.384. The molecule has 0 spiro atoms. The van der Waals surface area contributed by atoms with Crippen molar-refractivity contribution in [1.29, 1.82) is 0 Å². The first kappa shape index (κ1) is 11.8. The van der Waals surface area contributed by atoms with Gasteiger partial charge in [0.25, 0.3) is 5.69 Å². The Kier molecular flexibility index (Phi) is 3.69. The first-order valence-electron chi connectivity index (χ1n) is 5.48. The van der Waals surface area contributed by atoms with Crippen LogP contribution in [0.2, 0.25) is 0 Å². The first-order valence-corrected chi connectivity index (χ1v) is 5.48. The second-order valence-electron chi connectivity index (χ2n) is 3.71. The van der Waals surface area contributed by atoms with Crippen LogP contribution in [0.25, 0.3) is 12.2 Å². The fourth-order valence-corrected chi connectivity index (χ4v) is 1.48. The third-order valence-electron chi connectivity index (χ3n) is 2.40. The maximum Gasteiger partial charge on any atom is 0.269 e. The molecule has 2 aromatic carbocycles. The van der Waals surface area contributed by atoms with Crippen molar-refractivity contribution in [3.05, 3.63) is 81.6 Å². The van der Waals surface area contributed by atoms with E-state index in [1.165, 1.54) is 12.1 Å². The highest BCUT2D eigenvalue weighted by atomic mass is 16.6. The lowest BCUT2D eigenvalue weighted by Crippen LogP contribution is -1.86. The van der Waals surface area contributed by atoms with Gasteiger partial charge in [-0.1, -0.05) is 30.3 Å². The number of non-ortho nitro benzene ring substituents is 1. The second kappa shape index (κ2) is 5.62. The van der Waals surface area contributed by atoms with Crippen LogP contribution in [0.4, 0.5) is 5.69 Å². The number of nitro benzene ring substituents is 1. The van der Waals surface area contributed by atoms with Gasteiger partial charge in [0.1, 0.15) is 0 Å². The minimum absolute atomic E-state index is 0.0965. The molecule has 0 N–H and O–H groups in total. The van der Waals surface area contributed by atoms with Gasteiger partial charge in [0.15, 0.2) is 0 Å². The van der Waals surface area contributed by atoms with Crippen molar-refractivity contribution in [3.8, 4) is 0 Å². The van der Waals surface area contributed by atoms with Crippen LogP contribution in [0, 0.1) is 10.1 Å². The van der Waals surface area contributed by atoms with Crippen molar-refractivity contribution in [3.63, 3.8) is 0 Å². The SMILES string of the molecule is O=[N+]([O-])c1ccc(C=C=Cc2ccccc2)cc1. The third-order valence-corrected chi connectivity index (χ3v) is 2.40. The van der Waals surface area contributed by atoms with Gasteiger partial charge in [-0.15, -0.1) is 5.73 Å². The van der Waals surface area contributed by atoms with Crippen molar-refractivity contribution in [2.24, 2.45) is 0 Å². The summed E-state index contributed by atoms with van der Waals surface area (Å²) in [6.07, 6.45) is 3.65. The van der Waals surface area contributed by atoms with Gasteiger partial charge < -0.3 is 0 Å². The number of hydrogen-bond donors (Lipinski definition) is 0. The Morgan fingerprint density at radius 2 is 1.44 bits per heavy atom. The van der Waals surface area contributed by atoms with Gasteiger partial charge in [0.2, 0.25) is 0 Å². The molecular weight excluding hydrogens is 226 g/mol. The van der Waals surface area contributed by atoms with Crippen molar-refractivity contribution in [2.75, 3.05) is 0 Å². The maximum absolute atomic E-state index is 10.5. The topological polar surface area (TPSA) is 43.1 Å². The zero-order valence-electron chi connectivity index (χ0n) is 9.61. The number of rotatable bonds is 3. The predicted molar refractivity (Wildman–Crippen MR) is 72.0 cm³/mol. The summed E-state index contributed by atoms with van der Waals surface area (Å²) in [7, 11) is 0. The normalized spacial score (nSPS) is 9.33. The van der Waals surface area contributed by atoms with Crippen LogP contribution in [-0.4, -0.2) is 4.92 Å². The molecule has 18 heavy (non-hydrogen) atoms. The molecule has 0 saturated carbocycles.